The van der Waals surface area contributed by atoms with Gasteiger partial charge in [0.2, 0.25) is 0 Å². The molecule has 0 amide bonds. The van der Waals surface area contributed by atoms with E-state index < -0.39 is 4.92 Å². The zero-order valence-electron chi connectivity index (χ0n) is 11.3. The molecule has 7 heteroatoms. The lowest BCUT2D eigenvalue weighted by molar-refractivity contribution is -0.386. The minimum atomic E-state index is -0.451. The van der Waals surface area contributed by atoms with Gasteiger partial charge in [-0.1, -0.05) is 11.2 Å². The van der Waals surface area contributed by atoms with Crippen molar-refractivity contribution in [1.29, 1.82) is 0 Å². The van der Waals surface area contributed by atoms with Gasteiger partial charge < -0.3 is 14.6 Å². The van der Waals surface area contributed by atoms with E-state index in [-0.39, 0.29) is 18.0 Å². The summed E-state index contributed by atoms with van der Waals surface area (Å²) in [6, 6.07) is 7.15. The molecule has 1 heterocycles. The van der Waals surface area contributed by atoms with Gasteiger partial charge in [-0.15, -0.1) is 0 Å². The summed E-state index contributed by atoms with van der Waals surface area (Å²) in [4.78, 5) is 10.6. The number of aromatic nitrogens is 1. The van der Waals surface area contributed by atoms with Crippen LogP contribution in [0.5, 0.6) is 5.75 Å². The Morgan fingerprint density at radius 1 is 1.43 bits per heavy atom. The van der Waals surface area contributed by atoms with Gasteiger partial charge in [0.25, 0.3) is 0 Å². The highest BCUT2D eigenvalue weighted by Gasteiger charge is 2.21. The number of nitrogens with zero attached hydrogens (tertiary/aromatic N) is 2. The monoisotopic (exact) mass is 289 g/mol. The maximum Gasteiger partial charge on any atom is 0.310 e. The molecule has 2 aromatic rings. The number of nitro benzene ring substituents is 1. The van der Waals surface area contributed by atoms with Gasteiger partial charge in [0.15, 0.2) is 11.5 Å². The molecule has 1 aromatic carbocycles. The first-order chi connectivity index (χ1) is 10.2. The zero-order valence-corrected chi connectivity index (χ0v) is 11.3. The summed E-state index contributed by atoms with van der Waals surface area (Å²) in [6.45, 7) is 0.793. The van der Waals surface area contributed by atoms with Crippen LogP contribution < -0.4 is 10.1 Å². The molecule has 3 rings (SSSR count). The summed E-state index contributed by atoms with van der Waals surface area (Å²) < 4.78 is 10.4. The molecule has 0 radical (unpaired) electrons. The largest absolute Gasteiger partial charge is 0.479 e. The molecule has 7 nitrogen and oxygen atoms in total. The summed E-state index contributed by atoms with van der Waals surface area (Å²) in [6.07, 6.45) is 3.90. The summed E-state index contributed by atoms with van der Waals surface area (Å²) in [7, 11) is 0. The third kappa shape index (κ3) is 3.57. The highest BCUT2D eigenvalue weighted by Crippen LogP contribution is 2.29. The van der Waals surface area contributed by atoms with Gasteiger partial charge >= 0.3 is 5.69 Å². The average molecular weight is 289 g/mol. The second kappa shape index (κ2) is 5.92. The van der Waals surface area contributed by atoms with E-state index in [9.17, 15) is 10.1 Å². The summed E-state index contributed by atoms with van der Waals surface area (Å²) in [5, 5.41) is 18.0. The molecule has 0 aliphatic heterocycles. The highest BCUT2D eigenvalue weighted by molar-refractivity contribution is 5.48. The normalized spacial score (nSPS) is 14.1. The fraction of sp³-hybridized carbons (Fsp3) is 0.357. The van der Waals surface area contributed by atoms with Crippen LogP contribution in [0.4, 0.5) is 5.69 Å². The molecule has 0 atom stereocenters. The standard InChI is InChI=1S/C14H15N3O4/c18-17(19)13-4-1-10(8-15-11-2-3-11)7-14(13)20-9-12-5-6-16-21-12/h1,4-7,11,15H,2-3,8-9H2. The van der Waals surface area contributed by atoms with E-state index in [1.54, 1.807) is 18.2 Å². The Morgan fingerprint density at radius 3 is 2.95 bits per heavy atom. The molecule has 0 spiro atoms. The second-order valence-electron chi connectivity index (χ2n) is 4.98. The van der Waals surface area contributed by atoms with Crippen LogP contribution in [0.3, 0.4) is 0 Å². The first kappa shape index (κ1) is 13.6. The van der Waals surface area contributed by atoms with Crippen molar-refractivity contribution in [3.05, 3.63) is 51.9 Å². The van der Waals surface area contributed by atoms with E-state index in [2.05, 4.69) is 10.5 Å². The van der Waals surface area contributed by atoms with Crippen molar-refractivity contribution in [2.45, 2.75) is 32.0 Å². The van der Waals surface area contributed by atoms with Crippen molar-refractivity contribution in [3.63, 3.8) is 0 Å². The smallest absolute Gasteiger partial charge is 0.310 e. The van der Waals surface area contributed by atoms with E-state index in [0.29, 0.717) is 18.3 Å². The fourth-order valence-electron chi connectivity index (χ4n) is 1.95. The lowest BCUT2D eigenvalue weighted by Gasteiger charge is -2.08. The van der Waals surface area contributed by atoms with Crippen LogP contribution >= 0.6 is 0 Å². The highest BCUT2D eigenvalue weighted by atomic mass is 16.6. The molecular weight excluding hydrogens is 274 g/mol. The van der Waals surface area contributed by atoms with Crippen LogP contribution in [0.2, 0.25) is 0 Å². The van der Waals surface area contributed by atoms with Gasteiger partial charge in [-0.25, -0.2) is 0 Å². The maximum absolute atomic E-state index is 11.0. The lowest BCUT2D eigenvalue weighted by atomic mass is 10.2. The van der Waals surface area contributed by atoms with E-state index in [0.717, 1.165) is 5.56 Å². The Labute approximate surface area is 121 Å². The number of ether oxygens (including phenoxy) is 1. The van der Waals surface area contributed by atoms with Crippen molar-refractivity contribution in [1.82, 2.24) is 10.5 Å². The number of hydrogen-bond acceptors (Lipinski definition) is 6. The Kier molecular flexibility index (Phi) is 3.83. The first-order valence-corrected chi connectivity index (χ1v) is 6.75. The zero-order chi connectivity index (χ0) is 14.7. The van der Waals surface area contributed by atoms with E-state index in [1.165, 1.54) is 25.1 Å². The molecule has 0 saturated heterocycles. The first-order valence-electron chi connectivity index (χ1n) is 6.75. The van der Waals surface area contributed by atoms with Gasteiger partial charge in [-0.05, 0) is 24.5 Å². The third-order valence-electron chi connectivity index (χ3n) is 3.25. The third-order valence-corrected chi connectivity index (χ3v) is 3.25. The minimum Gasteiger partial charge on any atom is -0.479 e. The van der Waals surface area contributed by atoms with Gasteiger partial charge in [0.1, 0.15) is 6.61 Å². The Hall–Kier alpha value is -2.41. The minimum absolute atomic E-state index is 0.0512. The molecule has 0 bridgehead atoms. The van der Waals surface area contributed by atoms with Gasteiger partial charge in [-0.3, -0.25) is 10.1 Å². The lowest BCUT2D eigenvalue weighted by Crippen LogP contribution is -2.15. The van der Waals surface area contributed by atoms with Gasteiger partial charge in [-0.2, -0.15) is 0 Å². The Balaban J connectivity index is 1.72. The fourth-order valence-corrected chi connectivity index (χ4v) is 1.95. The van der Waals surface area contributed by atoms with Gasteiger partial charge in [0, 0.05) is 24.7 Å². The van der Waals surface area contributed by atoms with E-state index in [1.807, 2.05) is 0 Å². The number of hydrogen-bond donors (Lipinski definition) is 1. The molecule has 110 valence electrons. The summed E-state index contributed by atoms with van der Waals surface area (Å²) in [5.41, 5.74) is 0.907. The Morgan fingerprint density at radius 2 is 2.29 bits per heavy atom. The van der Waals surface area contributed by atoms with Crippen LogP contribution in [-0.4, -0.2) is 16.1 Å². The van der Waals surface area contributed by atoms with Crippen molar-refractivity contribution in [2.24, 2.45) is 0 Å². The van der Waals surface area contributed by atoms with Crippen molar-refractivity contribution >= 4 is 5.69 Å². The molecule has 21 heavy (non-hydrogen) atoms. The molecule has 1 aromatic heterocycles. The number of nitro groups is 1. The van der Waals surface area contributed by atoms with Crippen LogP contribution in [0, 0.1) is 10.1 Å². The summed E-state index contributed by atoms with van der Waals surface area (Å²) >= 11 is 0. The van der Waals surface area contributed by atoms with Crippen molar-refractivity contribution < 1.29 is 14.2 Å². The van der Waals surface area contributed by atoms with E-state index in [4.69, 9.17) is 9.26 Å². The molecule has 1 N–H and O–H groups in total. The molecule has 1 saturated carbocycles. The SMILES string of the molecule is O=[N+]([O-])c1ccc(CNC2CC2)cc1OCc1ccno1. The van der Waals surface area contributed by atoms with Crippen molar-refractivity contribution in [3.8, 4) is 5.75 Å². The average Bonchev–Trinajstić information content (AvgIpc) is 3.16. The maximum atomic E-state index is 11.0. The number of rotatable bonds is 7. The topological polar surface area (TPSA) is 90.4 Å². The predicted octanol–water partition coefficient (Wildman–Crippen LogP) is 2.41. The van der Waals surface area contributed by atoms with Crippen LogP contribution in [0.1, 0.15) is 24.2 Å². The molecular formula is C14H15N3O4. The quantitative estimate of drug-likeness (QED) is 0.621. The predicted molar refractivity (Wildman–Crippen MR) is 73.8 cm³/mol. The van der Waals surface area contributed by atoms with Crippen LogP contribution in [-0.2, 0) is 13.2 Å². The molecule has 1 aliphatic carbocycles. The summed E-state index contributed by atoms with van der Waals surface area (Å²) in [5.74, 6) is 0.761. The molecule has 0 unspecified atom stereocenters. The van der Waals surface area contributed by atoms with E-state index >= 15 is 0 Å². The number of nitrogens with one attached hydrogen (secondary N) is 1. The Bertz CT molecular complexity index is 623. The molecule has 1 aliphatic rings. The van der Waals surface area contributed by atoms with Crippen LogP contribution in [0.25, 0.3) is 0 Å². The molecule has 1 fully saturated rings. The number of benzene rings is 1. The second-order valence-corrected chi connectivity index (χ2v) is 4.98. The van der Waals surface area contributed by atoms with Crippen molar-refractivity contribution in [2.75, 3.05) is 0 Å². The van der Waals surface area contributed by atoms with Crippen LogP contribution in [0.15, 0.2) is 35.0 Å². The van der Waals surface area contributed by atoms with Gasteiger partial charge in [0.05, 0.1) is 11.1 Å².